The number of pyridine rings is 1. The molecule has 1 aromatic rings. The quantitative estimate of drug-likeness (QED) is 0.831. The summed E-state index contributed by atoms with van der Waals surface area (Å²) >= 11 is 0. The number of aromatic nitrogens is 1. The number of amides is 2. The Morgan fingerprint density at radius 1 is 1.33 bits per heavy atom. The molecule has 0 radical (unpaired) electrons. The molecule has 1 fully saturated rings. The van der Waals surface area contributed by atoms with Crippen LogP contribution >= 0.6 is 0 Å². The van der Waals surface area contributed by atoms with E-state index in [1.165, 1.54) is 0 Å². The second-order valence-corrected chi connectivity index (χ2v) is 7.31. The first-order valence-electron chi connectivity index (χ1n) is 8.35. The molecule has 0 bridgehead atoms. The zero-order valence-electron chi connectivity index (χ0n) is 15.2. The Bertz CT molecular complexity index is 579. The molecule has 2 rings (SSSR count). The summed E-state index contributed by atoms with van der Waals surface area (Å²) in [4.78, 5) is 32.7. The summed E-state index contributed by atoms with van der Waals surface area (Å²) in [6.07, 6.45) is 3.12. The highest BCUT2D eigenvalue weighted by molar-refractivity contribution is 5.85. The van der Waals surface area contributed by atoms with Gasteiger partial charge in [-0.1, -0.05) is 6.07 Å². The number of nitrogens with zero attached hydrogens (tertiary/aromatic N) is 3. The van der Waals surface area contributed by atoms with E-state index < -0.39 is 17.7 Å². The second-order valence-electron chi connectivity index (χ2n) is 7.31. The summed E-state index contributed by atoms with van der Waals surface area (Å²) in [7, 11) is 1.73. The largest absolute Gasteiger partial charge is 0.444 e. The van der Waals surface area contributed by atoms with Crippen LogP contribution in [0.2, 0.25) is 0 Å². The lowest BCUT2D eigenvalue weighted by Gasteiger charge is -2.33. The monoisotopic (exact) mass is 333 g/mol. The highest BCUT2D eigenvalue weighted by Gasteiger charge is 2.41. The Hall–Kier alpha value is -2.11. The standard InChI is InChI=1S/C18H27N3O3/c1-13(16(22)20(5)12-14-8-6-7-11-19-14)21(15-9-10-15)17(23)24-18(2,3)4/h6-8,11,13,15H,9-10,12H2,1-5H3/t13-/m1/s1. The van der Waals surface area contributed by atoms with Crippen LogP contribution in [0, 0.1) is 0 Å². The highest BCUT2D eigenvalue weighted by atomic mass is 16.6. The fourth-order valence-corrected chi connectivity index (χ4v) is 2.54. The summed E-state index contributed by atoms with van der Waals surface area (Å²) in [6.45, 7) is 7.66. The topological polar surface area (TPSA) is 62.7 Å². The fourth-order valence-electron chi connectivity index (χ4n) is 2.54. The molecule has 1 aromatic heterocycles. The summed E-state index contributed by atoms with van der Waals surface area (Å²) in [5.74, 6) is -0.113. The van der Waals surface area contributed by atoms with Crippen molar-refractivity contribution in [3.63, 3.8) is 0 Å². The number of hydrogen-bond acceptors (Lipinski definition) is 4. The maximum Gasteiger partial charge on any atom is 0.411 e. The zero-order valence-corrected chi connectivity index (χ0v) is 15.2. The van der Waals surface area contributed by atoms with E-state index in [0.29, 0.717) is 6.54 Å². The lowest BCUT2D eigenvalue weighted by Crippen LogP contribution is -2.50. The van der Waals surface area contributed by atoms with Crippen LogP contribution in [0.1, 0.15) is 46.2 Å². The molecule has 132 valence electrons. The van der Waals surface area contributed by atoms with Crippen LogP contribution in [-0.4, -0.2) is 51.5 Å². The number of carbonyl (C=O) groups is 2. The van der Waals surface area contributed by atoms with E-state index in [1.807, 2.05) is 39.0 Å². The van der Waals surface area contributed by atoms with Crippen molar-refractivity contribution in [2.45, 2.75) is 64.8 Å². The van der Waals surface area contributed by atoms with Gasteiger partial charge in [0.05, 0.1) is 12.2 Å². The molecule has 0 saturated heterocycles. The number of rotatable bonds is 5. The third-order valence-electron chi connectivity index (χ3n) is 3.82. The minimum Gasteiger partial charge on any atom is -0.444 e. The molecule has 0 unspecified atom stereocenters. The van der Waals surface area contributed by atoms with Gasteiger partial charge in [-0.15, -0.1) is 0 Å². The van der Waals surface area contributed by atoms with Crippen LogP contribution in [-0.2, 0) is 16.1 Å². The van der Waals surface area contributed by atoms with E-state index >= 15 is 0 Å². The van der Waals surface area contributed by atoms with Crippen molar-refractivity contribution in [3.8, 4) is 0 Å². The average molecular weight is 333 g/mol. The van der Waals surface area contributed by atoms with Gasteiger partial charge in [-0.3, -0.25) is 14.7 Å². The Balaban J connectivity index is 2.04. The van der Waals surface area contributed by atoms with Crippen molar-refractivity contribution in [1.29, 1.82) is 0 Å². The maximum atomic E-state index is 12.7. The predicted octanol–water partition coefficient (Wildman–Crippen LogP) is 2.83. The zero-order chi connectivity index (χ0) is 17.9. The molecule has 6 heteroatoms. The van der Waals surface area contributed by atoms with Crippen LogP contribution in [0.3, 0.4) is 0 Å². The molecule has 0 N–H and O–H groups in total. The van der Waals surface area contributed by atoms with Crippen molar-refractivity contribution in [2.24, 2.45) is 0 Å². The first-order chi connectivity index (χ1) is 11.2. The van der Waals surface area contributed by atoms with Crippen molar-refractivity contribution in [3.05, 3.63) is 30.1 Å². The van der Waals surface area contributed by atoms with Gasteiger partial charge in [0.15, 0.2) is 0 Å². The molecule has 0 aromatic carbocycles. The van der Waals surface area contributed by atoms with E-state index in [9.17, 15) is 9.59 Å². The molecular formula is C18H27N3O3. The third-order valence-corrected chi connectivity index (χ3v) is 3.82. The average Bonchev–Trinajstić information content (AvgIpc) is 3.30. The van der Waals surface area contributed by atoms with Crippen molar-refractivity contribution < 1.29 is 14.3 Å². The first kappa shape index (κ1) is 18.2. The summed E-state index contributed by atoms with van der Waals surface area (Å²) in [6, 6.07) is 5.15. The maximum absolute atomic E-state index is 12.7. The first-order valence-corrected chi connectivity index (χ1v) is 8.35. The number of ether oxygens (including phenoxy) is 1. The van der Waals surface area contributed by atoms with E-state index in [0.717, 1.165) is 18.5 Å². The van der Waals surface area contributed by atoms with E-state index in [1.54, 1.807) is 30.0 Å². The van der Waals surface area contributed by atoms with Gasteiger partial charge in [-0.2, -0.15) is 0 Å². The SMILES string of the molecule is C[C@H](C(=O)N(C)Cc1ccccn1)N(C(=O)OC(C)(C)C)C1CC1. The number of hydrogen-bond donors (Lipinski definition) is 0. The van der Waals surface area contributed by atoms with E-state index in [2.05, 4.69) is 4.98 Å². The van der Waals surface area contributed by atoms with E-state index in [4.69, 9.17) is 4.74 Å². The lowest BCUT2D eigenvalue weighted by atomic mass is 10.2. The van der Waals surface area contributed by atoms with Gasteiger partial charge in [0, 0.05) is 19.3 Å². The molecule has 1 saturated carbocycles. The molecular weight excluding hydrogens is 306 g/mol. The predicted molar refractivity (Wildman–Crippen MR) is 91.3 cm³/mol. The molecule has 0 aliphatic heterocycles. The van der Waals surface area contributed by atoms with Crippen molar-refractivity contribution in [2.75, 3.05) is 7.05 Å². The summed E-state index contributed by atoms with van der Waals surface area (Å²) < 4.78 is 5.47. The Kier molecular flexibility index (Phi) is 5.47. The molecule has 2 amide bonds. The van der Waals surface area contributed by atoms with Crippen LogP contribution in [0.25, 0.3) is 0 Å². The third kappa shape index (κ3) is 4.94. The Labute approximate surface area is 143 Å². The normalized spacial score (nSPS) is 15.5. The van der Waals surface area contributed by atoms with Gasteiger partial charge in [0.25, 0.3) is 0 Å². The summed E-state index contributed by atoms with van der Waals surface area (Å²) in [5.41, 5.74) is 0.239. The molecule has 6 nitrogen and oxygen atoms in total. The number of carbonyl (C=O) groups excluding carboxylic acids is 2. The van der Waals surface area contributed by atoms with Crippen LogP contribution in [0.5, 0.6) is 0 Å². The van der Waals surface area contributed by atoms with Gasteiger partial charge in [-0.05, 0) is 52.7 Å². The highest BCUT2D eigenvalue weighted by Crippen LogP contribution is 2.30. The number of likely N-dealkylation sites (N-methyl/N-ethyl adjacent to an activating group) is 1. The molecule has 0 spiro atoms. The lowest BCUT2D eigenvalue weighted by molar-refractivity contribution is -0.135. The van der Waals surface area contributed by atoms with Gasteiger partial charge >= 0.3 is 6.09 Å². The van der Waals surface area contributed by atoms with Gasteiger partial charge in [0.1, 0.15) is 11.6 Å². The van der Waals surface area contributed by atoms with Crippen LogP contribution in [0.15, 0.2) is 24.4 Å². The van der Waals surface area contributed by atoms with Gasteiger partial charge in [0.2, 0.25) is 5.91 Å². The van der Waals surface area contributed by atoms with Gasteiger partial charge < -0.3 is 9.64 Å². The molecule has 1 aliphatic carbocycles. The molecule has 1 atom stereocenters. The van der Waals surface area contributed by atoms with E-state index in [-0.39, 0.29) is 11.9 Å². The molecule has 1 aliphatic rings. The minimum absolute atomic E-state index is 0.0991. The van der Waals surface area contributed by atoms with Crippen LogP contribution in [0.4, 0.5) is 4.79 Å². The van der Waals surface area contributed by atoms with Gasteiger partial charge in [-0.25, -0.2) is 4.79 Å². The minimum atomic E-state index is -0.577. The van der Waals surface area contributed by atoms with Crippen molar-refractivity contribution >= 4 is 12.0 Å². The second kappa shape index (κ2) is 7.20. The smallest absolute Gasteiger partial charge is 0.411 e. The van der Waals surface area contributed by atoms with Crippen LogP contribution < -0.4 is 0 Å². The molecule has 24 heavy (non-hydrogen) atoms. The van der Waals surface area contributed by atoms with Crippen molar-refractivity contribution in [1.82, 2.24) is 14.8 Å². The Morgan fingerprint density at radius 2 is 2.00 bits per heavy atom. The molecule has 1 heterocycles. The fraction of sp³-hybridized carbons (Fsp3) is 0.611. The Morgan fingerprint density at radius 3 is 2.50 bits per heavy atom. The summed E-state index contributed by atoms with van der Waals surface area (Å²) in [5, 5.41) is 0.